The van der Waals surface area contributed by atoms with Crippen molar-refractivity contribution in [3.05, 3.63) is 35.4 Å². The van der Waals surface area contributed by atoms with Crippen molar-refractivity contribution in [2.24, 2.45) is 11.7 Å². The fraction of sp³-hybridized carbons (Fsp3) is 0.625. The Balaban J connectivity index is 2.13. The molecular formula is C16H26N2O. The molecule has 2 N–H and O–H groups in total. The highest BCUT2D eigenvalue weighted by atomic mass is 16.5. The van der Waals surface area contributed by atoms with Crippen molar-refractivity contribution in [2.75, 3.05) is 27.3 Å². The van der Waals surface area contributed by atoms with Gasteiger partial charge in [-0.1, -0.05) is 29.8 Å². The van der Waals surface area contributed by atoms with Crippen LogP contribution >= 0.6 is 0 Å². The average molecular weight is 262 g/mol. The Labute approximate surface area is 116 Å². The molecule has 1 saturated carbocycles. The number of ether oxygens (including phenoxy) is 1. The number of hydrogen-bond acceptors (Lipinski definition) is 3. The van der Waals surface area contributed by atoms with Crippen molar-refractivity contribution in [1.29, 1.82) is 0 Å². The van der Waals surface area contributed by atoms with Gasteiger partial charge in [0, 0.05) is 20.2 Å². The van der Waals surface area contributed by atoms with Gasteiger partial charge in [0.15, 0.2) is 0 Å². The van der Waals surface area contributed by atoms with Crippen molar-refractivity contribution in [3.8, 4) is 0 Å². The molecule has 1 aromatic carbocycles. The molecule has 0 bridgehead atoms. The summed E-state index contributed by atoms with van der Waals surface area (Å²) in [6, 6.07) is 8.69. The van der Waals surface area contributed by atoms with Crippen molar-refractivity contribution >= 4 is 0 Å². The van der Waals surface area contributed by atoms with Crippen molar-refractivity contribution in [2.45, 2.75) is 31.8 Å². The van der Waals surface area contributed by atoms with Gasteiger partial charge in [-0.05, 0) is 38.3 Å². The minimum atomic E-state index is -0.00149. The number of nitrogens with zero attached hydrogens (tertiary/aromatic N) is 1. The highest BCUT2D eigenvalue weighted by molar-refractivity contribution is 5.22. The fourth-order valence-electron chi connectivity index (χ4n) is 3.03. The summed E-state index contributed by atoms with van der Waals surface area (Å²) in [6.45, 7) is 4.44. The van der Waals surface area contributed by atoms with Crippen LogP contribution in [0.3, 0.4) is 0 Å². The Hall–Kier alpha value is -0.900. The zero-order valence-corrected chi connectivity index (χ0v) is 12.4. The number of benzene rings is 1. The molecule has 3 nitrogen and oxygen atoms in total. The summed E-state index contributed by atoms with van der Waals surface area (Å²) in [7, 11) is 3.94. The van der Waals surface area contributed by atoms with E-state index in [2.05, 4.69) is 43.1 Å². The summed E-state index contributed by atoms with van der Waals surface area (Å²) in [5, 5.41) is 0. The van der Waals surface area contributed by atoms with E-state index >= 15 is 0 Å². The second-order valence-electron chi connectivity index (χ2n) is 5.86. The average Bonchev–Trinajstić information content (AvgIpc) is 3.20. The van der Waals surface area contributed by atoms with Crippen LogP contribution in [0.2, 0.25) is 0 Å². The number of methoxy groups -OCH3 is 1. The van der Waals surface area contributed by atoms with Gasteiger partial charge in [0.1, 0.15) is 0 Å². The van der Waals surface area contributed by atoms with Crippen molar-refractivity contribution in [3.63, 3.8) is 0 Å². The van der Waals surface area contributed by atoms with E-state index in [1.807, 2.05) is 0 Å². The van der Waals surface area contributed by atoms with Gasteiger partial charge in [-0.2, -0.15) is 0 Å². The van der Waals surface area contributed by atoms with E-state index in [1.54, 1.807) is 7.11 Å². The lowest BCUT2D eigenvalue weighted by molar-refractivity contribution is 0.0104. The second kappa shape index (κ2) is 6.04. The predicted molar refractivity (Wildman–Crippen MR) is 79.0 cm³/mol. The zero-order valence-electron chi connectivity index (χ0n) is 12.4. The van der Waals surface area contributed by atoms with Crippen LogP contribution < -0.4 is 5.73 Å². The van der Waals surface area contributed by atoms with Crippen LogP contribution in [0.4, 0.5) is 0 Å². The molecule has 1 aliphatic rings. The van der Waals surface area contributed by atoms with Crippen LogP contribution in [0.15, 0.2) is 24.3 Å². The maximum Gasteiger partial charge on any atom is 0.0661 e. The smallest absolute Gasteiger partial charge is 0.0661 e. The molecule has 0 aromatic heterocycles. The third-order valence-electron chi connectivity index (χ3n) is 4.35. The first-order valence-corrected chi connectivity index (χ1v) is 7.08. The summed E-state index contributed by atoms with van der Waals surface area (Å²) in [5.74, 6) is 0.687. The van der Waals surface area contributed by atoms with E-state index in [1.165, 1.54) is 24.0 Å². The van der Waals surface area contributed by atoms with E-state index in [9.17, 15) is 0 Å². The van der Waals surface area contributed by atoms with Gasteiger partial charge in [0.05, 0.1) is 12.1 Å². The lowest BCUT2D eigenvalue weighted by atomic mass is 9.91. The minimum Gasteiger partial charge on any atom is -0.383 e. The molecule has 1 unspecified atom stereocenters. The molecule has 1 aliphatic carbocycles. The summed E-state index contributed by atoms with van der Waals surface area (Å²) in [6.07, 6.45) is 2.55. The van der Waals surface area contributed by atoms with Gasteiger partial charge in [0.25, 0.3) is 0 Å². The van der Waals surface area contributed by atoms with Crippen LogP contribution in [0.1, 0.15) is 24.0 Å². The molecule has 1 atom stereocenters. The molecule has 1 fully saturated rings. The van der Waals surface area contributed by atoms with Crippen LogP contribution in [0.5, 0.6) is 0 Å². The standard InChI is InChI=1S/C16H26N2O/c1-13-5-4-6-14(9-13)10-18(2)16(11-17,12-19-3)15-7-8-15/h4-6,9,15H,7-8,10-12,17H2,1-3H3. The van der Waals surface area contributed by atoms with E-state index in [0.717, 1.165) is 13.2 Å². The van der Waals surface area contributed by atoms with E-state index in [0.29, 0.717) is 12.5 Å². The number of hydrogen-bond donors (Lipinski definition) is 1. The lowest BCUT2D eigenvalue weighted by Crippen LogP contribution is -2.56. The molecule has 2 rings (SSSR count). The summed E-state index contributed by atoms with van der Waals surface area (Å²) in [4.78, 5) is 2.39. The third-order valence-corrected chi connectivity index (χ3v) is 4.35. The number of nitrogens with two attached hydrogens (primary N) is 1. The Morgan fingerprint density at radius 2 is 2.16 bits per heavy atom. The van der Waals surface area contributed by atoms with E-state index in [4.69, 9.17) is 10.5 Å². The largest absolute Gasteiger partial charge is 0.383 e. The molecule has 19 heavy (non-hydrogen) atoms. The molecule has 0 heterocycles. The fourth-order valence-corrected chi connectivity index (χ4v) is 3.03. The second-order valence-corrected chi connectivity index (χ2v) is 5.86. The first-order valence-electron chi connectivity index (χ1n) is 7.08. The molecule has 3 heteroatoms. The molecule has 0 spiro atoms. The van der Waals surface area contributed by atoms with Gasteiger partial charge in [-0.15, -0.1) is 0 Å². The number of rotatable bonds is 7. The number of likely N-dealkylation sites (N-methyl/N-ethyl adjacent to an activating group) is 1. The molecule has 0 radical (unpaired) electrons. The molecule has 0 amide bonds. The normalized spacial score (nSPS) is 18.6. The van der Waals surface area contributed by atoms with Gasteiger partial charge >= 0.3 is 0 Å². The molecular weight excluding hydrogens is 236 g/mol. The van der Waals surface area contributed by atoms with Crippen LogP contribution in [-0.4, -0.2) is 37.7 Å². The van der Waals surface area contributed by atoms with Gasteiger partial charge < -0.3 is 10.5 Å². The Kier molecular flexibility index (Phi) is 4.61. The molecule has 0 saturated heterocycles. The predicted octanol–water partition coefficient (Wildman–Crippen LogP) is 2.18. The van der Waals surface area contributed by atoms with E-state index < -0.39 is 0 Å². The quantitative estimate of drug-likeness (QED) is 0.818. The topological polar surface area (TPSA) is 38.5 Å². The SMILES string of the molecule is COCC(CN)(C1CC1)N(C)Cc1cccc(C)c1. The maximum absolute atomic E-state index is 6.10. The number of aryl methyl sites for hydroxylation is 1. The lowest BCUT2D eigenvalue weighted by Gasteiger charge is -2.41. The van der Waals surface area contributed by atoms with E-state index in [-0.39, 0.29) is 5.54 Å². The first kappa shape index (κ1) is 14.5. The van der Waals surface area contributed by atoms with Crippen LogP contribution in [0, 0.1) is 12.8 Å². The van der Waals surface area contributed by atoms with Crippen molar-refractivity contribution in [1.82, 2.24) is 4.90 Å². The minimum absolute atomic E-state index is 0.00149. The Morgan fingerprint density at radius 3 is 2.68 bits per heavy atom. The summed E-state index contributed by atoms with van der Waals surface area (Å²) in [5.41, 5.74) is 8.75. The van der Waals surface area contributed by atoms with Crippen LogP contribution in [-0.2, 0) is 11.3 Å². The maximum atomic E-state index is 6.10. The van der Waals surface area contributed by atoms with Gasteiger partial charge in [-0.3, -0.25) is 4.90 Å². The summed E-state index contributed by atoms with van der Waals surface area (Å²) < 4.78 is 5.46. The monoisotopic (exact) mass is 262 g/mol. The third kappa shape index (κ3) is 3.16. The van der Waals surface area contributed by atoms with Crippen molar-refractivity contribution < 1.29 is 4.74 Å². The first-order chi connectivity index (χ1) is 9.12. The highest BCUT2D eigenvalue weighted by Crippen LogP contribution is 2.43. The Bertz CT molecular complexity index is 417. The zero-order chi connectivity index (χ0) is 13.9. The van der Waals surface area contributed by atoms with Gasteiger partial charge in [-0.25, -0.2) is 0 Å². The van der Waals surface area contributed by atoms with Gasteiger partial charge in [0.2, 0.25) is 0 Å². The molecule has 1 aromatic rings. The summed E-state index contributed by atoms with van der Waals surface area (Å²) >= 11 is 0. The Morgan fingerprint density at radius 1 is 1.42 bits per heavy atom. The molecule has 0 aliphatic heterocycles. The highest BCUT2D eigenvalue weighted by Gasteiger charge is 2.47. The molecule has 106 valence electrons. The van der Waals surface area contributed by atoms with Crippen LogP contribution in [0.25, 0.3) is 0 Å².